The Morgan fingerprint density at radius 1 is 1.60 bits per heavy atom. The highest BCUT2D eigenvalue weighted by Crippen LogP contribution is 2.14. The zero-order chi connectivity index (χ0) is 7.40. The second-order valence-electron chi connectivity index (χ2n) is 2.07. The SMILES string of the molecule is C=C/C=C1/COC=CC1=C. The largest absolute Gasteiger partial charge is 0.496 e. The lowest BCUT2D eigenvalue weighted by atomic mass is 10.1. The molecule has 0 atom stereocenters. The molecule has 0 fully saturated rings. The topological polar surface area (TPSA) is 9.23 Å². The Labute approximate surface area is 61.0 Å². The first-order chi connectivity index (χ1) is 4.84. The second kappa shape index (κ2) is 3.06. The predicted molar refractivity (Wildman–Crippen MR) is 42.5 cm³/mol. The molecule has 0 bridgehead atoms. The van der Waals surface area contributed by atoms with Gasteiger partial charge in [-0.3, -0.25) is 0 Å². The zero-order valence-corrected chi connectivity index (χ0v) is 5.84. The first kappa shape index (κ1) is 6.87. The van der Waals surface area contributed by atoms with E-state index in [1.165, 1.54) is 0 Å². The summed E-state index contributed by atoms with van der Waals surface area (Å²) in [5, 5.41) is 0. The fraction of sp³-hybridized carbons (Fsp3) is 0.111. The van der Waals surface area contributed by atoms with Crippen molar-refractivity contribution in [1.82, 2.24) is 0 Å². The molecule has 0 spiro atoms. The van der Waals surface area contributed by atoms with Gasteiger partial charge >= 0.3 is 0 Å². The highest BCUT2D eigenvalue weighted by molar-refractivity contribution is 5.40. The van der Waals surface area contributed by atoms with Gasteiger partial charge < -0.3 is 4.74 Å². The van der Waals surface area contributed by atoms with Crippen molar-refractivity contribution in [3.8, 4) is 0 Å². The van der Waals surface area contributed by atoms with Crippen LogP contribution in [0.25, 0.3) is 0 Å². The van der Waals surface area contributed by atoms with E-state index in [4.69, 9.17) is 4.74 Å². The average molecular weight is 134 g/mol. The van der Waals surface area contributed by atoms with Gasteiger partial charge in [0.25, 0.3) is 0 Å². The van der Waals surface area contributed by atoms with Crippen LogP contribution in [0.2, 0.25) is 0 Å². The molecule has 1 rings (SSSR count). The minimum absolute atomic E-state index is 0.612. The molecule has 1 aliphatic heterocycles. The molecule has 1 nitrogen and oxygen atoms in total. The monoisotopic (exact) mass is 134 g/mol. The maximum atomic E-state index is 5.05. The average Bonchev–Trinajstić information content (AvgIpc) is 1.94. The fourth-order valence-electron chi connectivity index (χ4n) is 0.765. The van der Waals surface area contributed by atoms with Crippen LogP contribution in [0.4, 0.5) is 0 Å². The Morgan fingerprint density at radius 3 is 3.00 bits per heavy atom. The molecule has 0 N–H and O–H groups in total. The summed E-state index contributed by atoms with van der Waals surface area (Å²) < 4.78 is 5.05. The molecule has 0 saturated heterocycles. The molecule has 0 aromatic rings. The van der Waals surface area contributed by atoms with Crippen LogP contribution in [0.1, 0.15) is 0 Å². The molecule has 0 unspecified atom stereocenters. The lowest BCUT2D eigenvalue weighted by molar-refractivity contribution is 0.276. The lowest BCUT2D eigenvalue weighted by Gasteiger charge is -2.11. The third kappa shape index (κ3) is 1.38. The number of ether oxygens (including phenoxy) is 1. The molecule has 52 valence electrons. The quantitative estimate of drug-likeness (QED) is 0.534. The smallest absolute Gasteiger partial charge is 0.113 e. The second-order valence-corrected chi connectivity index (χ2v) is 2.07. The number of rotatable bonds is 1. The van der Waals surface area contributed by atoms with E-state index in [0.29, 0.717) is 6.61 Å². The molecular formula is C9H10O. The maximum Gasteiger partial charge on any atom is 0.113 e. The van der Waals surface area contributed by atoms with Crippen LogP contribution in [0.5, 0.6) is 0 Å². The van der Waals surface area contributed by atoms with Crippen molar-refractivity contribution in [3.05, 3.63) is 48.8 Å². The Kier molecular flexibility index (Phi) is 2.11. The summed E-state index contributed by atoms with van der Waals surface area (Å²) in [6.07, 6.45) is 7.15. The van der Waals surface area contributed by atoms with E-state index < -0.39 is 0 Å². The van der Waals surface area contributed by atoms with Crippen LogP contribution >= 0.6 is 0 Å². The van der Waals surface area contributed by atoms with Crippen molar-refractivity contribution in [3.63, 3.8) is 0 Å². The Balaban J connectivity index is 2.79. The van der Waals surface area contributed by atoms with Gasteiger partial charge in [0, 0.05) is 0 Å². The van der Waals surface area contributed by atoms with E-state index in [0.717, 1.165) is 11.1 Å². The molecule has 0 aromatic heterocycles. The molecule has 1 heterocycles. The third-order valence-electron chi connectivity index (χ3n) is 1.34. The van der Waals surface area contributed by atoms with Crippen molar-refractivity contribution in [1.29, 1.82) is 0 Å². The normalized spacial score (nSPS) is 20.8. The first-order valence-electron chi connectivity index (χ1n) is 3.13. The molecule has 10 heavy (non-hydrogen) atoms. The molecule has 0 saturated carbocycles. The van der Waals surface area contributed by atoms with Gasteiger partial charge in [-0.05, 0) is 17.2 Å². The van der Waals surface area contributed by atoms with E-state index in [9.17, 15) is 0 Å². The van der Waals surface area contributed by atoms with E-state index in [1.807, 2.05) is 12.2 Å². The van der Waals surface area contributed by atoms with Crippen molar-refractivity contribution in [2.45, 2.75) is 0 Å². The van der Waals surface area contributed by atoms with E-state index in [1.54, 1.807) is 12.3 Å². The van der Waals surface area contributed by atoms with Crippen LogP contribution < -0.4 is 0 Å². The highest BCUT2D eigenvalue weighted by Gasteiger charge is 2.02. The van der Waals surface area contributed by atoms with Crippen LogP contribution in [-0.2, 0) is 4.74 Å². The minimum Gasteiger partial charge on any atom is -0.496 e. The van der Waals surface area contributed by atoms with E-state index in [2.05, 4.69) is 13.2 Å². The van der Waals surface area contributed by atoms with Gasteiger partial charge in [0.05, 0.1) is 6.26 Å². The van der Waals surface area contributed by atoms with Crippen LogP contribution in [0.15, 0.2) is 48.8 Å². The summed E-state index contributed by atoms with van der Waals surface area (Å²) in [6, 6.07) is 0. The number of hydrogen-bond donors (Lipinski definition) is 0. The van der Waals surface area contributed by atoms with Gasteiger partial charge in [-0.1, -0.05) is 25.3 Å². The van der Waals surface area contributed by atoms with Crippen LogP contribution in [-0.4, -0.2) is 6.61 Å². The van der Waals surface area contributed by atoms with Gasteiger partial charge in [0.15, 0.2) is 0 Å². The highest BCUT2D eigenvalue weighted by atomic mass is 16.5. The van der Waals surface area contributed by atoms with Gasteiger partial charge in [-0.2, -0.15) is 0 Å². The summed E-state index contributed by atoms with van der Waals surface area (Å²) in [5.74, 6) is 0. The minimum atomic E-state index is 0.612. The van der Waals surface area contributed by atoms with Crippen molar-refractivity contribution < 1.29 is 4.74 Å². The molecule has 0 amide bonds. The van der Waals surface area contributed by atoms with Gasteiger partial charge in [-0.25, -0.2) is 0 Å². The van der Waals surface area contributed by atoms with Crippen molar-refractivity contribution in [2.24, 2.45) is 0 Å². The Morgan fingerprint density at radius 2 is 2.40 bits per heavy atom. The standard InChI is InChI=1S/C9H10O/c1-3-4-9-7-10-6-5-8(9)2/h3-6H,1-2,7H2/b9-4-. The summed E-state index contributed by atoms with van der Waals surface area (Å²) in [7, 11) is 0. The summed E-state index contributed by atoms with van der Waals surface area (Å²) >= 11 is 0. The van der Waals surface area contributed by atoms with Gasteiger partial charge in [0.1, 0.15) is 6.61 Å². The van der Waals surface area contributed by atoms with E-state index >= 15 is 0 Å². The molecule has 1 heteroatoms. The fourth-order valence-corrected chi connectivity index (χ4v) is 0.765. The van der Waals surface area contributed by atoms with Crippen LogP contribution in [0, 0.1) is 0 Å². The predicted octanol–water partition coefficient (Wildman–Crippen LogP) is 2.20. The third-order valence-corrected chi connectivity index (χ3v) is 1.34. The summed E-state index contributed by atoms with van der Waals surface area (Å²) in [6.45, 7) is 8.04. The van der Waals surface area contributed by atoms with Gasteiger partial charge in [0.2, 0.25) is 0 Å². The summed E-state index contributed by atoms with van der Waals surface area (Å²) in [4.78, 5) is 0. The van der Waals surface area contributed by atoms with Gasteiger partial charge in [-0.15, -0.1) is 0 Å². The zero-order valence-electron chi connectivity index (χ0n) is 5.84. The van der Waals surface area contributed by atoms with E-state index in [-0.39, 0.29) is 0 Å². The first-order valence-corrected chi connectivity index (χ1v) is 3.13. The number of allylic oxidation sites excluding steroid dienone is 3. The molecule has 0 aliphatic carbocycles. The molecule has 1 aliphatic rings. The Hall–Kier alpha value is -1.24. The summed E-state index contributed by atoms with van der Waals surface area (Å²) in [5.41, 5.74) is 2.10. The lowest BCUT2D eigenvalue weighted by Crippen LogP contribution is -1.99. The number of hydrogen-bond acceptors (Lipinski definition) is 1. The molecular weight excluding hydrogens is 124 g/mol. The van der Waals surface area contributed by atoms with Crippen molar-refractivity contribution >= 4 is 0 Å². The maximum absolute atomic E-state index is 5.05. The molecule has 0 radical (unpaired) electrons. The Bertz CT molecular complexity index is 209. The molecule has 0 aromatic carbocycles. The van der Waals surface area contributed by atoms with Crippen molar-refractivity contribution in [2.75, 3.05) is 6.61 Å². The van der Waals surface area contributed by atoms with Crippen LogP contribution in [0.3, 0.4) is 0 Å².